The van der Waals surface area contributed by atoms with Gasteiger partial charge in [0, 0.05) is 31.2 Å². The van der Waals surface area contributed by atoms with Crippen LogP contribution in [0.1, 0.15) is 6.42 Å². The van der Waals surface area contributed by atoms with E-state index in [-0.39, 0.29) is 37.0 Å². The number of hydrogen-bond donors (Lipinski definition) is 1. The van der Waals surface area contributed by atoms with Gasteiger partial charge in [0.05, 0.1) is 16.7 Å². The zero-order chi connectivity index (χ0) is 17.5. The number of carbonyl (C=O) groups is 2. The van der Waals surface area contributed by atoms with E-state index in [1.807, 2.05) is 0 Å². The number of carboxylic acids is 1. The third kappa shape index (κ3) is 3.26. The maximum absolute atomic E-state index is 12.6. The zero-order valence-electron chi connectivity index (χ0n) is 12.8. The Morgan fingerprint density at radius 2 is 1.79 bits per heavy atom. The van der Waals surface area contributed by atoms with Gasteiger partial charge in [-0.05, 0) is 24.6 Å². The lowest BCUT2D eigenvalue weighted by molar-refractivity contribution is -0.142. The first-order valence-corrected chi connectivity index (χ1v) is 9.40. The molecule has 1 aromatic rings. The molecule has 1 aromatic carbocycles. The predicted octanol–water partition coefficient (Wildman–Crippen LogP) is 0.894. The molecule has 1 saturated carbocycles. The van der Waals surface area contributed by atoms with E-state index in [1.165, 1.54) is 16.4 Å². The topological polar surface area (TPSA) is 95.0 Å². The van der Waals surface area contributed by atoms with Crippen molar-refractivity contribution in [3.8, 4) is 0 Å². The van der Waals surface area contributed by atoms with Gasteiger partial charge in [-0.3, -0.25) is 9.59 Å². The van der Waals surface area contributed by atoms with Crippen LogP contribution >= 0.6 is 11.6 Å². The van der Waals surface area contributed by atoms with Crippen LogP contribution in [0.4, 0.5) is 0 Å². The fourth-order valence-electron chi connectivity index (χ4n) is 2.90. The molecule has 0 radical (unpaired) electrons. The second-order valence-corrected chi connectivity index (χ2v) is 8.35. The minimum atomic E-state index is -3.65. The van der Waals surface area contributed by atoms with Crippen molar-refractivity contribution in [1.82, 2.24) is 9.21 Å². The number of carboxylic acid groups (broad SMARTS) is 1. The highest BCUT2D eigenvalue weighted by atomic mass is 35.5. The third-order valence-electron chi connectivity index (χ3n) is 4.41. The first-order chi connectivity index (χ1) is 11.3. The van der Waals surface area contributed by atoms with Gasteiger partial charge in [0.15, 0.2) is 0 Å². The van der Waals surface area contributed by atoms with Crippen molar-refractivity contribution in [3.63, 3.8) is 0 Å². The van der Waals surface area contributed by atoms with Gasteiger partial charge in [0.1, 0.15) is 0 Å². The second-order valence-electron chi connectivity index (χ2n) is 5.97. The molecule has 0 bridgehead atoms. The molecule has 1 aliphatic heterocycles. The Hall–Kier alpha value is -1.64. The fraction of sp³-hybridized carbons (Fsp3) is 0.467. The number of aliphatic carboxylic acids is 1. The summed E-state index contributed by atoms with van der Waals surface area (Å²) in [5.41, 5.74) is 0. The molecule has 2 unspecified atom stereocenters. The summed E-state index contributed by atoms with van der Waals surface area (Å²) in [6.07, 6.45) is 0.370. The summed E-state index contributed by atoms with van der Waals surface area (Å²) in [6.45, 7) is 0.902. The van der Waals surface area contributed by atoms with Crippen molar-refractivity contribution < 1.29 is 23.1 Å². The highest BCUT2D eigenvalue weighted by Crippen LogP contribution is 2.40. The maximum Gasteiger partial charge on any atom is 0.307 e. The lowest BCUT2D eigenvalue weighted by Gasteiger charge is -2.34. The van der Waals surface area contributed by atoms with Crippen LogP contribution in [-0.2, 0) is 19.6 Å². The van der Waals surface area contributed by atoms with Crippen LogP contribution in [0.25, 0.3) is 0 Å². The number of sulfonamides is 1. The Balaban J connectivity index is 1.63. The molecule has 1 heterocycles. The molecule has 0 spiro atoms. The quantitative estimate of drug-likeness (QED) is 0.847. The van der Waals surface area contributed by atoms with Crippen LogP contribution in [0, 0.1) is 11.8 Å². The molecule has 24 heavy (non-hydrogen) atoms. The summed E-state index contributed by atoms with van der Waals surface area (Å²) in [5.74, 6) is -2.19. The monoisotopic (exact) mass is 372 g/mol. The van der Waals surface area contributed by atoms with Crippen LogP contribution in [0.3, 0.4) is 0 Å². The van der Waals surface area contributed by atoms with Crippen molar-refractivity contribution >= 4 is 33.5 Å². The van der Waals surface area contributed by atoms with Crippen molar-refractivity contribution in [1.29, 1.82) is 0 Å². The summed E-state index contributed by atoms with van der Waals surface area (Å²) < 4.78 is 26.5. The Kier molecular flexibility index (Phi) is 4.54. The lowest BCUT2D eigenvalue weighted by Crippen LogP contribution is -2.51. The molecule has 0 aromatic heterocycles. The number of rotatable bonds is 4. The van der Waals surface area contributed by atoms with Crippen LogP contribution in [0.15, 0.2) is 29.2 Å². The summed E-state index contributed by atoms with van der Waals surface area (Å²) in [5, 5.41) is 9.24. The van der Waals surface area contributed by atoms with Gasteiger partial charge in [0.25, 0.3) is 0 Å². The van der Waals surface area contributed by atoms with E-state index in [0.717, 1.165) is 0 Å². The molecule has 1 aliphatic carbocycles. The van der Waals surface area contributed by atoms with Crippen LogP contribution in [0.5, 0.6) is 0 Å². The first kappa shape index (κ1) is 17.2. The van der Waals surface area contributed by atoms with E-state index < -0.39 is 27.8 Å². The minimum absolute atomic E-state index is 0.128. The molecule has 7 nitrogen and oxygen atoms in total. The zero-order valence-corrected chi connectivity index (χ0v) is 14.3. The van der Waals surface area contributed by atoms with Crippen LogP contribution in [-0.4, -0.2) is 60.8 Å². The van der Waals surface area contributed by atoms with E-state index in [4.69, 9.17) is 16.7 Å². The molecule has 130 valence electrons. The molecule has 1 amide bonds. The van der Waals surface area contributed by atoms with E-state index in [2.05, 4.69) is 0 Å². The molecule has 2 aliphatic rings. The maximum atomic E-state index is 12.6. The summed E-state index contributed by atoms with van der Waals surface area (Å²) >= 11 is 5.85. The molecule has 2 fully saturated rings. The number of carbonyl (C=O) groups excluding carboxylic acids is 1. The molecule has 3 rings (SSSR count). The van der Waals surface area contributed by atoms with Gasteiger partial charge in [-0.15, -0.1) is 0 Å². The Labute approximate surface area is 144 Å². The SMILES string of the molecule is O=C(O)C1CC1C(=O)N1CCN(S(=O)(=O)c2cccc(Cl)c2)CC1. The van der Waals surface area contributed by atoms with Crippen molar-refractivity contribution in [2.24, 2.45) is 11.8 Å². The standard InChI is InChI=1S/C15H17ClN2O5S/c16-10-2-1-3-11(8-10)24(22,23)18-6-4-17(5-7-18)14(19)12-9-13(12)15(20)21/h1-3,8,12-13H,4-7,9H2,(H,20,21). The van der Waals surface area contributed by atoms with Gasteiger partial charge < -0.3 is 10.0 Å². The summed E-state index contributed by atoms with van der Waals surface area (Å²) in [7, 11) is -3.65. The molecule has 9 heteroatoms. The van der Waals surface area contributed by atoms with E-state index in [9.17, 15) is 18.0 Å². The first-order valence-electron chi connectivity index (χ1n) is 7.58. The van der Waals surface area contributed by atoms with E-state index in [1.54, 1.807) is 17.0 Å². The van der Waals surface area contributed by atoms with E-state index in [0.29, 0.717) is 11.4 Å². The van der Waals surface area contributed by atoms with Crippen molar-refractivity contribution in [3.05, 3.63) is 29.3 Å². The van der Waals surface area contributed by atoms with Gasteiger partial charge in [0.2, 0.25) is 15.9 Å². The van der Waals surface area contributed by atoms with Crippen LogP contribution in [0.2, 0.25) is 5.02 Å². The highest BCUT2D eigenvalue weighted by molar-refractivity contribution is 7.89. The Bertz CT molecular complexity index is 774. The number of halogens is 1. The number of hydrogen-bond acceptors (Lipinski definition) is 4. The minimum Gasteiger partial charge on any atom is -0.481 e. The van der Waals surface area contributed by atoms with Gasteiger partial charge in [-0.2, -0.15) is 4.31 Å². The lowest BCUT2D eigenvalue weighted by atomic mass is 10.2. The van der Waals surface area contributed by atoms with Crippen molar-refractivity contribution in [2.45, 2.75) is 11.3 Å². The number of piperazine rings is 1. The predicted molar refractivity (Wildman–Crippen MR) is 86.0 cm³/mol. The number of amides is 1. The largest absolute Gasteiger partial charge is 0.481 e. The molecular weight excluding hydrogens is 356 g/mol. The Morgan fingerprint density at radius 3 is 2.33 bits per heavy atom. The van der Waals surface area contributed by atoms with Crippen LogP contribution < -0.4 is 0 Å². The molecule has 1 saturated heterocycles. The normalized spacial score (nSPS) is 24.6. The Morgan fingerprint density at radius 1 is 1.12 bits per heavy atom. The van der Waals surface area contributed by atoms with Gasteiger partial charge in [-0.25, -0.2) is 8.42 Å². The second kappa shape index (κ2) is 6.34. The molecular formula is C15H17ClN2O5S. The summed E-state index contributed by atoms with van der Waals surface area (Å²) in [4.78, 5) is 24.8. The van der Waals surface area contributed by atoms with Gasteiger partial charge >= 0.3 is 5.97 Å². The average Bonchev–Trinajstić information content (AvgIpc) is 3.35. The smallest absolute Gasteiger partial charge is 0.307 e. The van der Waals surface area contributed by atoms with Crippen molar-refractivity contribution in [2.75, 3.05) is 26.2 Å². The molecule has 1 N–H and O–H groups in total. The average molecular weight is 373 g/mol. The third-order valence-corrected chi connectivity index (χ3v) is 6.54. The highest BCUT2D eigenvalue weighted by Gasteiger charge is 2.50. The fourth-order valence-corrected chi connectivity index (χ4v) is 4.62. The van der Waals surface area contributed by atoms with Gasteiger partial charge in [-0.1, -0.05) is 17.7 Å². The number of nitrogens with zero attached hydrogens (tertiary/aromatic N) is 2. The van der Waals surface area contributed by atoms with E-state index >= 15 is 0 Å². The molecule has 2 atom stereocenters. The summed E-state index contributed by atoms with van der Waals surface area (Å²) in [6, 6.07) is 6.07. The number of benzene rings is 1.